The summed E-state index contributed by atoms with van der Waals surface area (Å²) in [6.07, 6.45) is 6.51. The van der Waals surface area contributed by atoms with Crippen LogP contribution in [0.3, 0.4) is 0 Å². The van der Waals surface area contributed by atoms with Gasteiger partial charge in [0.15, 0.2) is 17.5 Å². The lowest BCUT2D eigenvalue weighted by Crippen LogP contribution is -2.13. The Balaban J connectivity index is 1.91. The van der Waals surface area contributed by atoms with Gasteiger partial charge in [0.1, 0.15) is 5.82 Å². The Labute approximate surface area is 148 Å². The van der Waals surface area contributed by atoms with Gasteiger partial charge in [-0.25, -0.2) is 17.6 Å². The first-order valence-corrected chi connectivity index (χ1v) is 8.78. The average Bonchev–Trinajstić information content (AvgIpc) is 2.67. The second-order valence-corrected chi connectivity index (χ2v) is 6.81. The predicted octanol–water partition coefficient (Wildman–Crippen LogP) is 6.98. The van der Waals surface area contributed by atoms with Crippen LogP contribution in [0.1, 0.15) is 59.7 Å². The first-order valence-electron chi connectivity index (χ1n) is 9.78. The average molecular weight is 352 g/mol. The molecule has 1 fully saturated rings. The standard InChI is InChI=1S/C21H22F4/c1-2-3-13-4-6-14(7-5-13)15-8-9-17(18(22)10-15)16-11-19(23)21(25)20(24)12-16/h8-14H,2-7H2,1H3/i11D,12D. The van der Waals surface area contributed by atoms with Crippen molar-refractivity contribution in [1.82, 2.24) is 0 Å². The van der Waals surface area contributed by atoms with Gasteiger partial charge in [0, 0.05) is 5.56 Å². The highest BCUT2D eigenvalue weighted by atomic mass is 19.2. The monoisotopic (exact) mass is 352 g/mol. The predicted molar refractivity (Wildman–Crippen MR) is 91.3 cm³/mol. The van der Waals surface area contributed by atoms with E-state index in [-0.39, 0.29) is 11.5 Å². The Bertz CT molecular complexity index is 814. The van der Waals surface area contributed by atoms with Crippen LogP contribution in [0, 0.1) is 29.2 Å². The van der Waals surface area contributed by atoms with E-state index >= 15 is 0 Å². The van der Waals surface area contributed by atoms with Gasteiger partial charge < -0.3 is 0 Å². The van der Waals surface area contributed by atoms with Crippen LogP contribution in [-0.2, 0) is 0 Å². The summed E-state index contributed by atoms with van der Waals surface area (Å²) in [5, 5.41) is 0. The molecule has 0 aliphatic heterocycles. The van der Waals surface area contributed by atoms with Gasteiger partial charge >= 0.3 is 0 Å². The van der Waals surface area contributed by atoms with Crippen LogP contribution >= 0.6 is 0 Å². The fourth-order valence-electron chi connectivity index (χ4n) is 3.77. The van der Waals surface area contributed by atoms with E-state index in [1.165, 1.54) is 18.6 Å². The molecule has 3 rings (SSSR count). The van der Waals surface area contributed by atoms with E-state index in [0.717, 1.165) is 43.6 Å². The van der Waals surface area contributed by atoms with Crippen LogP contribution in [0.5, 0.6) is 0 Å². The third kappa shape index (κ3) is 3.88. The van der Waals surface area contributed by atoms with E-state index in [0.29, 0.717) is 0 Å². The second-order valence-electron chi connectivity index (χ2n) is 6.81. The minimum Gasteiger partial charge on any atom is -0.206 e. The Morgan fingerprint density at radius 2 is 1.60 bits per heavy atom. The van der Waals surface area contributed by atoms with E-state index in [9.17, 15) is 17.6 Å². The minimum absolute atomic E-state index is 0.231. The Hall–Kier alpha value is -1.84. The summed E-state index contributed by atoms with van der Waals surface area (Å²) >= 11 is 0. The summed E-state index contributed by atoms with van der Waals surface area (Å²) in [6, 6.07) is 2.32. The number of rotatable bonds is 4. The summed E-state index contributed by atoms with van der Waals surface area (Å²) < 4.78 is 70.8. The number of halogens is 4. The van der Waals surface area contributed by atoms with Gasteiger partial charge in [-0.15, -0.1) is 0 Å². The molecule has 0 aromatic heterocycles. The summed E-state index contributed by atoms with van der Waals surface area (Å²) in [5.74, 6) is -5.11. The van der Waals surface area contributed by atoms with Crippen molar-refractivity contribution < 1.29 is 20.3 Å². The van der Waals surface area contributed by atoms with Crippen molar-refractivity contribution in [3.63, 3.8) is 0 Å². The Morgan fingerprint density at radius 1 is 0.960 bits per heavy atom. The third-order valence-electron chi connectivity index (χ3n) is 5.13. The molecule has 0 spiro atoms. The highest BCUT2D eigenvalue weighted by Crippen LogP contribution is 2.38. The van der Waals surface area contributed by atoms with Crippen molar-refractivity contribution in [2.45, 2.75) is 51.4 Å². The largest absolute Gasteiger partial charge is 0.206 e. The maximum Gasteiger partial charge on any atom is 0.194 e. The van der Waals surface area contributed by atoms with Crippen molar-refractivity contribution in [3.05, 3.63) is 59.1 Å². The lowest BCUT2D eigenvalue weighted by Gasteiger charge is -2.28. The van der Waals surface area contributed by atoms with E-state index in [4.69, 9.17) is 2.74 Å². The topological polar surface area (TPSA) is 0 Å². The lowest BCUT2D eigenvalue weighted by atomic mass is 9.77. The molecule has 0 atom stereocenters. The molecule has 0 saturated heterocycles. The highest BCUT2D eigenvalue weighted by Gasteiger charge is 2.23. The number of hydrogen-bond donors (Lipinski definition) is 0. The summed E-state index contributed by atoms with van der Waals surface area (Å²) in [4.78, 5) is 0. The molecule has 0 bridgehead atoms. The van der Waals surface area contributed by atoms with Gasteiger partial charge in [-0.05, 0) is 66.8 Å². The van der Waals surface area contributed by atoms with Crippen LogP contribution in [0.2, 0.25) is 0 Å². The molecule has 1 aliphatic rings. The Morgan fingerprint density at radius 3 is 2.16 bits per heavy atom. The lowest BCUT2D eigenvalue weighted by molar-refractivity contribution is 0.308. The second kappa shape index (κ2) is 7.59. The van der Waals surface area contributed by atoms with Crippen LogP contribution in [0.25, 0.3) is 11.1 Å². The van der Waals surface area contributed by atoms with E-state index in [1.807, 2.05) is 0 Å². The molecule has 0 heterocycles. The normalized spacial score (nSPS) is 21.8. The van der Waals surface area contributed by atoms with Crippen molar-refractivity contribution in [2.75, 3.05) is 0 Å². The zero-order valence-corrected chi connectivity index (χ0v) is 14.1. The Kier molecular flexibility index (Phi) is 4.68. The smallest absolute Gasteiger partial charge is 0.194 e. The molecule has 0 radical (unpaired) electrons. The third-order valence-corrected chi connectivity index (χ3v) is 5.13. The van der Waals surface area contributed by atoms with Crippen LogP contribution in [0.15, 0.2) is 30.3 Å². The molecule has 2 aromatic carbocycles. The summed E-state index contributed by atoms with van der Waals surface area (Å²) in [6.45, 7) is 2.17. The molecular formula is C21H22F4. The molecule has 1 saturated carbocycles. The maximum absolute atomic E-state index is 14.7. The first-order chi connectivity index (χ1) is 12.8. The van der Waals surface area contributed by atoms with Crippen molar-refractivity contribution >= 4 is 0 Å². The molecule has 4 heteroatoms. The number of benzene rings is 2. The highest BCUT2D eigenvalue weighted by molar-refractivity contribution is 5.65. The van der Waals surface area contributed by atoms with Gasteiger partial charge in [0.05, 0.1) is 2.74 Å². The van der Waals surface area contributed by atoms with Gasteiger partial charge in [-0.2, -0.15) is 0 Å². The van der Waals surface area contributed by atoms with Crippen LogP contribution < -0.4 is 0 Å². The molecule has 134 valence electrons. The van der Waals surface area contributed by atoms with Gasteiger partial charge in [-0.3, -0.25) is 0 Å². The molecular weight excluding hydrogens is 328 g/mol. The van der Waals surface area contributed by atoms with Crippen LogP contribution in [-0.4, -0.2) is 0 Å². The molecule has 2 aromatic rings. The van der Waals surface area contributed by atoms with Crippen LogP contribution in [0.4, 0.5) is 17.6 Å². The fourth-order valence-corrected chi connectivity index (χ4v) is 3.77. The first kappa shape index (κ1) is 15.4. The quantitative estimate of drug-likeness (QED) is 0.411. The molecule has 1 aliphatic carbocycles. The van der Waals surface area contributed by atoms with E-state index in [2.05, 4.69) is 6.92 Å². The van der Waals surface area contributed by atoms with E-state index in [1.54, 1.807) is 6.07 Å². The zero-order valence-electron chi connectivity index (χ0n) is 16.1. The van der Waals surface area contributed by atoms with Crippen molar-refractivity contribution in [1.29, 1.82) is 0 Å². The maximum atomic E-state index is 14.7. The SMILES string of the molecule is [2H]c1c(F)c(F)c(F)c([2H])c1-c1ccc(C2CCC(CCC)CC2)cc1F. The van der Waals surface area contributed by atoms with E-state index < -0.39 is 40.9 Å². The summed E-state index contributed by atoms with van der Waals surface area (Å²) in [5.41, 5.74) is -0.0133. The molecule has 0 N–H and O–H groups in total. The van der Waals surface area contributed by atoms with Gasteiger partial charge in [0.2, 0.25) is 0 Å². The van der Waals surface area contributed by atoms with Crippen molar-refractivity contribution in [3.8, 4) is 11.1 Å². The number of hydrogen-bond acceptors (Lipinski definition) is 0. The minimum atomic E-state index is -1.88. The molecule has 0 unspecified atom stereocenters. The van der Waals surface area contributed by atoms with Gasteiger partial charge in [-0.1, -0.05) is 31.9 Å². The van der Waals surface area contributed by atoms with Crippen molar-refractivity contribution in [2.24, 2.45) is 5.92 Å². The summed E-state index contributed by atoms with van der Waals surface area (Å²) in [7, 11) is 0. The molecule has 0 amide bonds. The molecule has 0 nitrogen and oxygen atoms in total. The zero-order chi connectivity index (χ0) is 19.7. The fraction of sp³-hybridized carbons (Fsp3) is 0.429. The molecule has 25 heavy (non-hydrogen) atoms. The van der Waals surface area contributed by atoms with Gasteiger partial charge in [0.25, 0.3) is 0 Å².